The van der Waals surface area contributed by atoms with Crippen molar-refractivity contribution in [2.24, 2.45) is 5.92 Å². The molecular weight excluding hydrogens is 330 g/mol. The topological polar surface area (TPSA) is 62.3 Å². The van der Waals surface area contributed by atoms with Gasteiger partial charge in [0.05, 0.1) is 17.1 Å². The van der Waals surface area contributed by atoms with Gasteiger partial charge < -0.3 is 4.90 Å². The van der Waals surface area contributed by atoms with Crippen LogP contribution in [0.25, 0.3) is 0 Å². The highest BCUT2D eigenvalue weighted by Crippen LogP contribution is 2.33. The summed E-state index contributed by atoms with van der Waals surface area (Å²) in [5.41, 5.74) is 1.02. The Labute approximate surface area is 142 Å². The molecule has 0 atom stereocenters. The Bertz CT molecular complexity index is 735. The van der Waals surface area contributed by atoms with Crippen LogP contribution in [-0.2, 0) is 17.8 Å². The predicted molar refractivity (Wildman–Crippen MR) is 90.8 cm³/mol. The Kier molecular flexibility index (Phi) is 3.90. The molecule has 5 nitrogen and oxygen atoms in total. The molecule has 0 radical (unpaired) electrons. The van der Waals surface area contributed by atoms with E-state index in [1.54, 1.807) is 6.07 Å². The van der Waals surface area contributed by atoms with Gasteiger partial charge in [0.25, 0.3) is 5.91 Å². The van der Waals surface area contributed by atoms with E-state index in [0.29, 0.717) is 22.5 Å². The first-order valence-electron chi connectivity index (χ1n) is 7.83. The molecule has 0 saturated heterocycles. The average molecular weight is 347 g/mol. The molecule has 0 unspecified atom stereocenters. The van der Waals surface area contributed by atoms with Gasteiger partial charge in [0, 0.05) is 23.8 Å². The van der Waals surface area contributed by atoms with Gasteiger partial charge >= 0.3 is 0 Å². The number of nitrogens with zero attached hydrogens (tertiary/aromatic N) is 2. The van der Waals surface area contributed by atoms with Crippen molar-refractivity contribution in [2.45, 2.75) is 32.2 Å². The number of fused-ring (bicyclic) bond motifs is 1. The van der Waals surface area contributed by atoms with E-state index in [0.717, 1.165) is 36.4 Å². The monoisotopic (exact) mass is 347 g/mol. The lowest BCUT2D eigenvalue weighted by Crippen LogP contribution is -2.41. The van der Waals surface area contributed by atoms with E-state index in [4.69, 9.17) is 0 Å². The Balaban J connectivity index is 1.44. The Morgan fingerprint density at radius 1 is 1.35 bits per heavy atom. The lowest BCUT2D eigenvalue weighted by atomic mass is 9.84. The lowest BCUT2D eigenvalue weighted by Gasteiger charge is -2.33. The summed E-state index contributed by atoms with van der Waals surface area (Å²) in [5, 5.41) is 5.38. The van der Waals surface area contributed by atoms with Crippen LogP contribution in [0.5, 0.6) is 0 Å². The molecule has 4 rings (SSSR count). The van der Waals surface area contributed by atoms with Gasteiger partial charge in [-0.05, 0) is 24.3 Å². The maximum Gasteiger partial charge on any atom is 0.267 e. The second-order valence-corrected chi connectivity index (χ2v) is 7.99. The molecule has 120 valence electrons. The summed E-state index contributed by atoms with van der Waals surface area (Å²) >= 11 is 2.90. The van der Waals surface area contributed by atoms with Crippen LogP contribution in [0.2, 0.25) is 0 Å². The van der Waals surface area contributed by atoms with Gasteiger partial charge in [-0.25, -0.2) is 4.98 Å². The van der Waals surface area contributed by atoms with Gasteiger partial charge in [0.1, 0.15) is 0 Å². The minimum absolute atomic E-state index is 0.117. The fourth-order valence-corrected chi connectivity index (χ4v) is 4.55. The van der Waals surface area contributed by atoms with Crippen molar-refractivity contribution in [3.8, 4) is 0 Å². The van der Waals surface area contributed by atoms with Crippen LogP contribution in [0.15, 0.2) is 17.5 Å². The zero-order chi connectivity index (χ0) is 15.8. The van der Waals surface area contributed by atoms with Crippen LogP contribution < -0.4 is 5.32 Å². The molecule has 2 aromatic rings. The first-order valence-corrected chi connectivity index (χ1v) is 9.52. The molecule has 1 aliphatic heterocycles. The zero-order valence-electron chi connectivity index (χ0n) is 12.6. The molecule has 0 spiro atoms. The minimum atomic E-state index is -0.117. The fraction of sp³-hybridized carbons (Fsp3) is 0.438. The number of rotatable bonds is 3. The number of thiazole rings is 1. The maximum absolute atomic E-state index is 12.4. The molecule has 7 heteroatoms. The number of carbonyl (C=O) groups is 2. The quantitative estimate of drug-likeness (QED) is 0.928. The number of hydrogen-bond acceptors (Lipinski definition) is 5. The summed E-state index contributed by atoms with van der Waals surface area (Å²) in [6, 6.07) is 3.66. The van der Waals surface area contributed by atoms with Crippen molar-refractivity contribution >= 4 is 39.6 Å². The number of thiophene rings is 1. The van der Waals surface area contributed by atoms with Gasteiger partial charge in [-0.3, -0.25) is 14.9 Å². The molecule has 1 fully saturated rings. The van der Waals surface area contributed by atoms with Crippen LogP contribution in [0.3, 0.4) is 0 Å². The van der Waals surface area contributed by atoms with Crippen molar-refractivity contribution in [1.29, 1.82) is 0 Å². The van der Waals surface area contributed by atoms with Gasteiger partial charge in [-0.15, -0.1) is 11.3 Å². The number of nitrogens with one attached hydrogen (secondary N) is 1. The van der Waals surface area contributed by atoms with Gasteiger partial charge in [0.2, 0.25) is 5.91 Å². The first-order chi connectivity index (χ1) is 11.2. The molecule has 3 heterocycles. The zero-order valence-corrected chi connectivity index (χ0v) is 14.2. The molecule has 1 N–H and O–H groups in total. The first kappa shape index (κ1) is 14.8. The van der Waals surface area contributed by atoms with Gasteiger partial charge in [-0.2, -0.15) is 0 Å². The van der Waals surface area contributed by atoms with E-state index in [-0.39, 0.29) is 11.8 Å². The number of hydrogen-bond donors (Lipinski definition) is 1. The highest BCUT2D eigenvalue weighted by Gasteiger charge is 2.32. The second-order valence-electron chi connectivity index (χ2n) is 5.96. The highest BCUT2D eigenvalue weighted by molar-refractivity contribution is 7.16. The third kappa shape index (κ3) is 2.90. The normalized spacial score (nSPS) is 17.5. The lowest BCUT2D eigenvalue weighted by molar-refractivity contribution is -0.139. The predicted octanol–water partition coefficient (Wildman–Crippen LogP) is 3.14. The van der Waals surface area contributed by atoms with Gasteiger partial charge in [0.15, 0.2) is 5.13 Å². The standard InChI is InChI=1S/C16H17N3O2S2/c20-14(12-5-2-8-22-12)18-16-17-11-6-7-19(9-13(11)23-16)15(21)10-3-1-4-10/h2,5,8,10H,1,3-4,6-7,9H2,(H,17,18,20). The smallest absolute Gasteiger partial charge is 0.267 e. The van der Waals surface area contributed by atoms with Crippen LogP contribution in [0.4, 0.5) is 5.13 Å². The molecule has 23 heavy (non-hydrogen) atoms. The maximum atomic E-state index is 12.4. The molecule has 2 amide bonds. The summed E-state index contributed by atoms with van der Waals surface area (Å²) in [6.07, 6.45) is 4.02. The third-order valence-corrected chi connectivity index (χ3v) is 6.33. The van der Waals surface area contributed by atoms with Crippen LogP contribution in [-0.4, -0.2) is 28.2 Å². The van der Waals surface area contributed by atoms with Crippen molar-refractivity contribution in [3.63, 3.8) is 0 Å². The molecule has 0 aromatic carbocycles. The van der Waals surface area contributed by atoms with E-state index in [1.165, 1.54) is 29.1 Å². The van der Waals surface area contributed by atoms with Crippen LogP contribution in [0, 0.1) is 5.92 Å². The number of carbonyl (C=O) groups excluding carboxylic acids is 2. The van der Waals surface area contributed by atoms with E-state index in [1.807, 2.05) is 16.3 Å². The van der Waals surface area contributed by atoms with E-state index in [9.17, 15) is 9.59 Å². The molecule has 2 aliphatic rings. The molecule has 0 bridgehead atoms. The highest BCUT2D eigenvalue weighted by atomic mass is 32.1. The van der Waals surface area contributed by atoms with E-state index < -0.39 is 0 Å². The second kappa shape index (κ2) is 6.05. The fourth-order valence-electron chi connectivity index (χ4n) is 2.92. The minimum Gasteiger partial charge on any atom is -0.337 e. The van der Waals surface area contributed by atoms with Gasteiger partial charge in [-0.1, -0.05) is 23.8 Å². The van der Waals surface area contributed by atoms with Crippen molar-refractivity contribution in [3.05, 3.63) is 33.0 Å². The van der Waals surface area contributed by atoms with Crippen LogP contribution in [0.1, 0.15) is 39.5 Å². The number of aromatic nitrogens is 1. The Morgan fingerprint density at radius 3 is 2.91 bits per heavy atom. The summed E-state index contributed by atoms with van der Waals surface area (Å²) in [4.78, 5) is 32.7. The van der Waals surface area contributed by atoms with E-state index in [2.05, 4.69) is 10.3 Å². The van der Waals surface area contributed by atoms with Crippen molar-refractivity contribution in [2.75, 3.05) is 11.9 Å². The molecule has 2 aromatic heterocycles. The largest absolute Gasteiger partial charge is 0.337 e. The summed E-state index contributed by atoms with van der Waals surface area (Å²) < 4.78 is 0. The van der Waals surface area contributed by atoms with Crippen LogP contribution >= 0.6 is 22.7 Å². The molecule has 1 aliphatic carbocycles. The van der Waals surface area contributed by atoms with Crippen molar-refractivity contribution < 1.29 is 9.59 Å². The SMILES string of the molecule is O=C(Nc1nc2c(s1)CN(C(=O)C1CCC1)CC2)c1cccs1. The average Bonchev–Trinajstić information content (AvgIpc) is 3.13. The summed E-state index contributed by atoms with van der Waals surface area (Å²) in [7, 11) is 0. The molecular formula is C16H17N3O2S2. The number of amides is 2. The Hall–Kier alpha value is -1.73. The number of anilines is 1. The summed E-state index contributed by atoms with van der Waals surface area (Å²) in [5.74, 6) is 0.412. The third-order valence-electron chi connectivity index (χ3n) is 4.46. The van der Waals surface area contributed by atoms with Crippen molar-refractivity contribution in [1.82, 2.24) is 9.88 Å². The summed E-state index contributed by atoms with van der Waals surface area (Å²) in [6.45, 7) is 1.38. The molecule has 1 saturated carbocycles. The Morgan fingerprint density at radius 2 is 2.22 bits per heavy atom. The van der Waals surface area contributed by atoms with E-state index >= 15 is 0 Å².